The quantitative estimate of drug-likeness (QED) is 0.726. The lowest BCUT2D eigenvalue weighted by Crippen LogP contribution is -2.18. The maximum atomic E-state index is 3.72. The second-order valence-corrected chi connectivity index (χ2v) is 5.61. The van der Waals surface area contributed by atoms with Crippen LogP contribution >= 0.6 is 0 Å². The molecule has 2 rings (SSSR count). The highest BCUT2D eigenvalue weighted by molar-refractivity contribution is 5.47. The monoisotopic (exact) mass is 231 g/mol. The van der Waals surface area contributed by atoms with Gasteiger partial charge in [-0.25, -0.2) is 0 Å². The van der Waals surface area contributed by atoms with Gasteiger partial charge in [-0.1, -0.05) is 51.7 Å². The van der Waals surface area contributed by atoms with Crippen molar-refractivity contribution in [2.24, 2.45) is 0 Å². The van der Waals surface area contributed by atoms with Crippen LogP contribution in [0.1, 0.15) is 63.9 Å². The van der Waals surface area contributed by atoms with Crippen LogP contribution in [0.25, 0.3) is 0 Å². The summed E-state index contributed by atoms with van der Waals surface area (Å²) in [4.78, 5) is 0. The fourth-order valence-electron chi connectivity index (χ4n) is 2.65. The largest absolute Gasteiger partial charge is 0.382 e. The van der Waals surface area contributed by atoms with Crippen molar-refractivity contribution in [3.63, 3.8) is 0 Å². The van der Waals surface area contributed by atoms with E-state index in [1.54, 1.807) is 0 Å². The van der Waals surface area contributed by atoms with E-state index < -0.39 is 0 Å². The summed E-state index contributed by atoms with van der Waals surface area (Å²) in [6.45, 7) is 4.51. The Kier molecular flexibility index (Phi) is 4.47. The molecule has 1 aromatic rings. The summed E-state index contributed by atoms with van der Waals surface area (Å²) < 4.78 is 0. The fraction of sp³-hybridized carbons (Fsp3) is 0.625. The highest BCUT2D eigenvalue weighted by Gasteiger charge is 2.12. The van der Waals surface area contributed by atoms with E-state index in [0.717, 1.165) is 0 Å². The van der Waals surface area contributed by atoms with E-state index in [1.807, 2.05) is 0 Å². The van der Waals surface area contributed by atoms with E-state index in [2.05, 4.69) is 43.4 Å². The summed E-state index contributed by atoms with van der Waals surface area (Å²) >= 11 is 0. The van der Waals surface area contributed by atoms with Crippen molar-refractivity contribution in [1.82, 2.24) is 0 Å². The van der Waals surface area contributed by atoms with E-state index in [1.165, 1.54) is 49.8 Å². The van der Waals surface area contributed by atoms with Crippen LogP contribution in [0.15, 0.2) is 24.3 Å². The van der Waals surface area contributed by atoms with Crippen LogP contribution < -0.4 is 5.32 Å². The third-order valence-electron chi connectivity index (χ3n) is 3.78. The maximum absolute atomic E-state index is 3.72. The molecule has 0 spiro atoms. The molecule has 1 heteroatoms. The molecule has 0 atom stereocenters. The zero-order valence-corrected chi connectivity index (χ0v) is 11.2. The number of hydrogen-bond donors (Lipinski definition) is 1. The predicted octanol–water partition coefficient (Wildman–Crippen LogP) is 4.94. The fourth-order valence-corrected chi connectivity index (χ4v) is 2.65. The number of benzene rings is 1. The van der Waals surface area contributed by atoms with Crippen LogP contribution in [0.4, 0.5) is 5.69 Å². The van der Waals surface area contributed by atoms with Gasteiger partial charge in [-0.05, 0) is 36.5 Å². The van der Waals surface area contributed by atoms with Gasteiger partial charge in [-0.15, -0.1) is 0 Å². The standard InChI is InChI=1S/C16H25N/c1-13(2)14-8-7-11-16(12-14)17-15-9-5-3-4-6-10-15/h7-8,11-13,15,17H,3-6,9-10H2,1-2H3. The minimum Gasteiger partial charge on any atom is -0.382 e. The van der Waals surface area contributed by atoms with Crippen LogP contribution in [-0.4, -0.2) is 6.04 Å². The van der Waals surface area contributed by atoms with Gasteiger partial charge in [0, 0.05) is 11.7 Å². The van der Waals surface area contributed by atoms with Crippen LogP contribution in [-0.2, 0) is 0 Å². The Morgan fingerprint density at radius 1 is 1.06 bits per heavy atom. The minimum absolute atomic E-state index is 0.617. The first-order valence-corrected chi connectivity index (χ1v) is 7.12. The van der Waals surface area contributed by atoms with Gasteiger partial charge < -0.3 is 5.32 Å². The Morgan fingerprint density at radius 3 is 2.41 bits per heavy atom. The summed E-state index contributed by atoms with van der Waals surface area (Å²) in [5.41, 5.74) is 2.74. The number of hydrogen-bond acceptors (Lipinski definition) is 1. The molecule has 1 N–H and O–H groups in total. The van der Waals surface area contributed by atoms with Crippen LogP contribution in [0.5, 0.6) is 0 Å². The molecule has 0 aromatic heterocycles. The van der Waals surface area contributed by atoms with E-state index in [9.17, 15) is 0 Å². The normalized spacial score (nSPS) is 18.1. The highest BCUT2D eigenvalue weighted by Crippen LogP contribution is 2.23. The van der Waals surface area contributed by atoms with Crippen molar-refractivity contribution in [2.45, 2.75) is 64.3 Å². The summed E-state index contributed by atoms with van der Waals surface area (Å²) in [6, 6.07) is 9.61. The molecule has 0 bridgehead atoms. The van der Waals surface area contributed by atoms with Gasteiger partial charge in [0.05, 0.1) is 0 Å². The van der Waals surface area contributed by atoms with Crippen molar-refractivity contribution >= 4 is 5.69 Å². The van der Waals surface area contributed by atoms with Crippen LogP contribution in [0.2, 0.25) is 0 Å². The predicted molar refractivity (Wildman–Crippen MR) is 75.6 cm³/mol. The van der Waals surface area contributed by atoms with Gasteiger partial charge in [0.15, 0.2) is 0 Å². The lowest BCUT2D eigenvalue weighted by molar-refractivity contribution is 0.620. The van der Waals surface area contributed by atoms with Gasteiger partial charge in [0.1, 0.15) is 0 Å². The first kappa shape index (κ1) is 12.5. The maximum Gasteiger partial charge on any atom is 0.0345 e. The first-order valence-electron chi connectivity index (χ1n) is 7.12. The molecule has 17 heavy (non-hydrogen) atoms. The Hall–Kier alpha value is -0.980. The summed E-state index contributed by atoms with van der Waals surface area (Å²) in [6.07, 6.45) is 8.30. The average Bonchev–Trinajstić information content (AvgIpc) is 2.58. The Balaban J connectivity index is 1.99. The van der Waals surface area contributed by atoms with Crippen molar-refractivity contribution < 1.29 is 0 Å². The van der Waals surface area contributed by atoms with E-state index >= 15 is 0 Å². The van der Waals surface area contributed by atoms with Crippen molar-refractivity contribution in [1.29, 1.82) is 0 Å². The second kappa shape index (κ2) is 6.09. The lowest BCUT2D eigenvalue weighted by Gasteiger charge is -2.18. The van der Waals surface area contributed by atoms with E-state index in [0.29, 0.717) is 12.0 Å². The third kappa shape index (κ3) is 3.76. The Labute approximate surface area is 106 Å². The SMILES string of the molecule is CC(C)c1cccc(NC2CCCCCC2)c1. The van der Waals surface area contributed by atoms with Crippen molar-refractivity contribution in [2.75, 3.05) is 5.32 Å². The van der Waals surface area contributed by atoms with E-state index in [4.69, 9.17) is 0 Å². The van der Waals surface area contributed by atoms with Crippen molar-refractivity contribution in [3.8, 4) is 0 Å². The number of rotatable bonds is 3. The Bertz CT molecular complexity index is 335. The molecule has 0 amide bonds. The molecule has 94 valence electrons. The topological polar surface area (TPSA) is 12.0 Å². The summed E-state index contributed by atoms with van der Waals surface area (Å²) in [5.74, 6) is 0.617. The van der Waals surface area contributed by atoms with Gasteiger partial charge in [0.2, 0.25) is 0 Å². The zero-order chi connectivity index (χ0) is 12.1. The van der Waals surface area contributed by atoms with Gasteiger partial charge in [0.25, 0.3) is 0 Å². The third-order valence-corrected chi connectivity index (χ3v) is 3.78. The molecule has 0 unspecified atom stereocenters. The molecule has 1 saturated carbocycles. The molecule has 0 heterocycles. The molecule has 1 fully saturated rings. The zero-order valence-electron chi connectivity index (χ0n) is 11.2. The molecule has 0 radical (unpaired) electrons. The smallest absolute Gasteiger partial charge is 0.0345 e. The molecule has 1 aliphatic rings. The molecular weight excluding hydrogens is 206 g/mol. The van der Waals surface area contributed by atoms with Gasteiger partial charge >= 0.3 is 0 Å². The second-order valence-electron chi connectivity index (χ2n) is 5.61. The average molecular weight is 231 g/mol. The number of anilines is 1. The summed E-state index contributed by atoms with van der Waals surface area (Å²) in [5, 5.41) is 3.72. The molecule has 0 aliphatic heterocycles. The van der Waals surface area contributed by atoms with Crippen LogP contribution in [0, 0.1) is 0 Å². The summed E-state index contributed by atoms with van der Waals surface area (Å²) in [7, 11) is 0. The van der Waals surface area contributed by atoms with E-state index in [-0.39, 0.29) is 0 Å². The molecular formula is C16H25N. The number of nitrogens with one attached hydrogen (secondary N) is 1. The first-order chi connectivity index (χ1) is 8.25. The van der Waals surface area contributed by atoms with Crippen LogP contribution in [0.3, 0.4) is 0 Å². The van der Waals surface area contributed by atoms with Gasteiger partial charge in [-0.3, -0.25) is 0 Å². The Morgan fingerprint density at radius 2 is 1.76 bits per heavy atom. The van der Waals surface area contributed by atoms with Crippen molar-refractivity contribution in [3.05, 3.63) is 29.8 Å². The molecule has 1 nitrogen and oxygen atoms in total. The molecule has 0 saturated heterocycles. The lowest BCUT2D eigenvalue weighted by atomic mass is 10.0. The molecule has 1 aliphatic carbocycles. The minimum atomic E-state index is 0.617. The molecule has 1 aromatic carbocycles. The highest BCUT2D eigenvalue weighted by atomic mass is 14.9. The van der Waals surface area contributed by atoms with Gasteiger partial charge in [-0.2, -0.15) is 0 Å².